The number of fused-ring (bicyclic) bond motifs is 1. The van der Waals surface area contributed by atoms with E-state index in [-0.39, 0.29) is 35.7 Å². The fourth-order valence-corrected chi connectivity index (χ4v) is 3.40. The van der Waals surface area contributed by atoms with Gasteiger partial charge in [-0.05, 0) is 18.6 Å². The molecule has 1 amide bonds. The van der Waals surface area contributed by atoms with Gasteiger partial charge < -0.3 is 10.2 Å². The highest BCUT2D eigenvalue weighted by atomic mass is 16.3. The Labute approximate surface area is 188 Å². The summed E-state index contributed by atoms with van der Waals surface area (Å²) in [5, 5.41) is 28.7. The van der Waals surface area contributed by atoms with Crippen molar-refractivity contribution >= 4 is 22.9 Å². The van der Waals surface area contributed by atoms with Crippen molar-refractivity contribution in [3.8, 4) is 5.75 Å². The third-order valence-electron chi connectivity index (χ3n) is 5.15. The minimum absolute atomic E-state index is 0.0378. The van der Waals surface area contributed by atoms with Crippen LogP contribution in [0.5, 0.6) is 5.75 Å². The van der Waals surface area contributed by atoms with Gasteiger partial charge in [-0.2, -0.15) is 10.2 Å². The maximum Gasteiger partial charge on any atom is 0.292 e. The van der Waals surface area contributed by atoms with E-state index in [0.29, 0.717) is 22.0 Å². The maximum absolute atomic E-state index is 12.9. The highest BCUT2D eigenvalue weighted by Crippen LogP contribution is 2.22. The van der Waals surface area contributed by atoms with Crippen molar-refractivity contribution in [1.82, 2.24) is 20.2 Å². The van der Waals surface area contributed by atoms with Crippen LogP contribution in [0.3, 0.4) is 0 Å². The van der Waals surface area contributed by atoms with Gasteiger partial charge in [0, 0.05) is 22.7 Å². The molecule has 0 aliphatic rings. The van der Waals surface area contributed by atoms with Crippen molar-refractivity contribution in [2.24, 2.45) is 5.10 Å². The summed E-state index contributed by atoms with van der Waals surface area (Å²) >= 11 is 0. The number of hydrazone groups is 1. The molecule has 0 radical (unpaired) electrons. The number of aliphatic hydroxyl groups excluding tert-OH is 1. The molecule has 0 saturated heterocycles. The predicted octanol–water partition coefficient (Wildman–Crippen LogP) is 2.11. The maximum atomic E-state index is 12.9. The van der Waals surface area contributed by atoms with E-state index in [0.717, 1.165) is 5.56 Å². The number of nitrogens with one attached hydrogen (secondary N) is 1. The lowest BCUT2D eigenvalue weighted by Crippen LogP contribution is -2.29. The highest BCUT2D eigenvalue weighted by Gasteiger charge is 2.17. The van der Waals surface area contributed by atoms with E-state index in [1.54, 1.807) is 31.2 Å². The summed E-state index contributed by atoms with van der Waals surface area (Å²) in [5.74, 6) is -0.764. The lowest BCUT2D eigenvalue weighted by molar-refractivity contribution is 0.0949. The van der Waals surface area contributed by atoms with Crippen LogP contribution in [0.15, 0.2) is 70.7 Å². The first-order chi connectivity index (χ1) is 16.0. The molecule has 9 heteroatoms. The third kappa shape index (κ3) is 4.48. The Kier molecular flexibility index (Phi) is 6.23. The summed E-state index contributed by atoms with van der Waals surface area (Å²) in [6.07, 6.45) is 2.66. The van der Waals surface area contributed by atoms with Crippen molar-refractivity contribution in [2.45, 2.75) is 20.1 Å². The first kappa shape index (κ1) is 21.8. The Morgan fingerprint density at radius 2 is 1.82 bits per heavy atom. The molecule has 0 spiro atoms. The zero-order valence-electron chi connectivity index (χ0n) is 17.8. The Morgan fingerprint density at radius 3 is 2.55 bits per heavy atom. The van der Waals surface area contributed by atoms with E-state index in [2.05, 4.69) is 20.6 Å². The van der Waals surface area contributed by atoms with Crippen LogP contribution in [-0.4, -0.2) is 37.1 Å². The summed E-state index contributed by atoms with van der Waals surface area (Å²) in [5.41, 5.74) is 3.95. The number of amides is 1. The van der Waals surface area contributed by atoms with E-state index in [1.165, 1.54) is 17.1 Å². The summed E-state index contributed by atoms with van der Waals surface area (Å²) in [7, 11) is 0. The van der Waals surface area contributed by atoms with Gasteiger partial charge in [-0.15, -0.1) is 0 Å². The Balaban J connectivity index is 1.69. The molecule has 0 aliphatic carbocycles. The van der Waals surface area contributed by atoms with E-state index < -0.39 is 5.91 Å². The van der Waals surface area contributed by atoms with Crippen LogP contribution < -0.4 is 11.0 Å². The number of hydrogen-bond donors (Lipinski definition) is 3. The summed E-state index contributed by atoms with van der Waals surface area (Å²) in [6.45, 7) is 1.46. The van der Waals surface area contributed by atoms with E-state index in [1.807, 2.05) is 30.3 Å². The lowest BCUT2D eigenvalue weighted by Gasteiger charge is -2.10. The summed E-state index contributed by atoms with van der Waals surface area (Å²) < 4.78 is 1.25. The van der Waals surface area contributed by atoms with E-state index in [4.69, 9.17) is 0 Å². The number of carbonyl (C=O) groups excluding carboxylic acids is 1. The normalized spacial score (nSPS) is 11.2. The van der Waals surface area contributed by atoms with Crippen molar-refractivity contribution in [3.05, 3.63) is 99.2 Å². The zero-order valence-corrected chi connectivity index (χ0v) is 17.8. The SMILES string of the molecule is Cc1ncc(CO)c(C=NNC(=O)c2nn(Cc3ccccc3)c(=O)c3ccccc23)c1O. The molecule has 4 rings (SSSR count). The van der Waals surface area contributed by atoms with Gasteiger partial charge in [0.15, 0.2) is 5.69 Å². The molecule has 2 aromatic heterocycles. The number of aromatic hydroxyl groups is 1. The van der Waals surface area contributed by atoms with Crippen molar-refractivity contribution in [1.29, 1.82) is 0 Å². The van der Waals surface area contributed by atoms with E-state index >= 15 is 0 Å². The molecule has 0 fully saturated rings. The molecule has 33 heavy (non-hydrogen) atoms. The van der Waals surface area contributed by atoms with Crippen LogP contribution in [-0.2, 0) is 13.2 Å². The Hall–Kier alpha value is -4.37. The fraction of sp³-hybridized carbons (Fsp3) is 0.125. The van der Waals surface area contributed by atoms with Gasteiger partial charge in [0.1, 0.15) is 5.75 Å². The number of pyridine rings is 1. The largest absolute Gasteiger partial charge is 0.505 e. The number of nitrogens with zero attached hydrogens (tertiary/aromatic N) is 4. The third-order valence-corrected chi connectivity index (χ3v) is 5.15. The second-order valence-electron chi connectivity index (χ2n) is 7.33. The number of aromatic nitrogens is 3. The van der Waals surface area contributed by atoms with Gasteiger partial charge in [0.05, 0.1) is 30.4 Å². The molecule has 3 N–H and O–H groups in total. The molecule has 2 heterocycles. The highest BCUT2D eigenvalue weighted by molar-refractivity contribution is 6.05. The molecule has 2 aromatic carbocycles. The van der Waals surface area contributed by atoms with Crippen LogP contribution in [0.2, 0.25) is 0 Å². The van der Waals surface area contributed by atoms with Crippen LogP contribution in [0.25, 0.3) is 10.8 Å². The molecular weight excluding hydrogens is 422 g/mol. The van der Waals surface area contributed by atoms with Crippen LogP contribution >= 0.6 is 0 Å². The average Bonchev–Trinajstić information content (AvgIpc) is 2.84. The quantitative estimate of drug-likeness (QED) is 0.309. The number of aliphatic hydroxyl groups is 1. The first-order valence-electron chi connectivity index (χ1n) is 10.1. The minimum atomic E-state index is -0.625. The molecule has 166 valence electrons. The smallest absolute Gasteiger partial charge is 0.292 e. The molecule has 9 nitrogen and oxygen atoms in total. The number of benzene rings is 2. The molecule has 4 aromatic rings. The summed E-state index contributed by atoms with van der Waals surface area (Å²) in [4.78, 5) is 29.9. The van der Waals surface area contributed by atoms with Gasteiger partial charge in [0.2, 0.25) is 0 Å². The van der Waals surface area contributed by atoms with Gasteiger partial charge in [0.25, 0.3) is 11.5 Å². The predicted molar refractivity (Wildman–Crippen MR) is 123 cm³/mol. The molecule has 0 unspecified atom stereocenters. The second kappa shape index (κ2) is 9.41. The lowest BCUT2D eigenvalue weighted by atomic mass is 10.1. The van der Waals surface area contributed by atoms with Crippen LogP contribution in [0, 0.1) is 6.92 Å². The van der Waals surface area contributed by atoms with Crippen LogP contribution in [0.4, 0.5) is 0 Å². The molecule has 0 atom stereocenters. The average molecular weight is 443 g/mol. The van der Waals surface area contributed by atoms with Crippen LogP contribution in [0.1, 0.15) is 32.9 Å². The number of aryl methyl sites for hydroxylation is 1. The first-order valence-corrected chi connectivity index (χ1v) is 10.1. The van der Waals surface area contributed by atoms with Crippen molar-refractivity contribution in [2.75, 3.05) is 0 Å². The van der Waals surface area contributed by atoms with Crippen molar-refractivity contribution in [3.63, 3.8) is 0 Å². The second-order valence-corrected chi connectivity index (χ2v) is 7.33. The molecule has 0 bridgehead atoms. The number of carbonyl (C=O) groups is 1. The van der Waals surface area contributed by atoms with E-state index in [9.17, 15) is 19.8 Å². The van der Waals surface area contributed by atoms with Crippen molar-refractivity contribution < 1.29 is 15.0 Å². The van der Waals surface area contributed by atoms with Gasteiger partial charge in [-0.3, -0.25) is 14.6 Å². The molecular formula is C24H21N5O4. The number of rotatable bonds is 6. The summed E-state index contributed by atoms with van der Waals surface area (Å²) in [6, 6.07) is 16.1. The Bertz CT molecular complexity index is 1410. The Morgan fingerprint density at radius 1 is 1.12 bits per heavy atom. The van der Waals surface area contributed by atoms with Gasteiger partial charge in [-0.25, -0.2) is 10.1 Å². The zero-order chi connectivity index (χ0) is 23.4. The number of hydrogen-bond acceptors (Lipinski definition) is 7. The molecule has 0 aliphatic heterocycles. The van der Waals surface area contributed by atoms with Gasteiger partial charge in [-0.1, -0.05) is 48.5 Å². The monoisotopic (exact) mass is 443 g/mol. The topological polar surface area (TPSA) is 130 Å². The fourth-order valence-electron chi connectivity index (χ4n) is 3.40. The van der Waals surface area contributed by atoms with Gasteiger partial charge >= 0.3 is 0 Å². The molecule has 0 saturated carbocycles. The minimum Gasteiger partial charge on any atom is -0.505 e. The standard InChI is InChI=1S/C24H21N5O4/c1-15-22(31)20(17(14-30)11-25-15)12-26-27-23(32)21-18-9-5-6-10-19(18)24(33)29(28-21)13-16-7-3-2-4-8-16/h2-12,30-31H,13-14H2,1H3,(H,27,32).